The van der Waals surface area contributed by atoms with Crippen molar-refractivity contribution in [2.75, 3.05) is 20.3 Å². The van der Waals surface area contributed by atoms with Crippen LogP contribution in [0.1, 0.15) is 27.8 Å². The van der Waals surface area contributed by atoms with Crippen molar-refractivity contribution in [3.8, 4) is 11.4 Å². The summed E-state index contributed by atoms with van der Waals surface area (Å²) in [5, 5.41) is 16.3. The number of ether oxygens (including phenoxy) is 2. The maximum atomic E-state index is 12.1. The fourth-order valence-corrected chi connectivity index (χ4v) is 4.60. The van der Waals surface area contributed by atoms with E-state index >= 15 is 0 Å². The molecule has 1 aliphatic rings. The van der Waals surface area contributed by atoms with Crippen molar-refractivity contribution in [3.05, 3.63) is 71.8 Å². The summed E-state index contributed by atoms with van der Waals surface area (Å²) < 4.78 is 24.6. The minimum atomic E-state index is -2.43. The van der Waals surface area contributed by atoms with Gasteiger partial charge in [0.15, 0.2) is 0 Å². The zero-order chi connectivity index (χ0) is 23.4. The van der Waals surface area contributed by atoms with Crippen molar-refractivity contribution < 1.29 is 28.8 Å². The van der Waals surface area contributed by atoms with E-state index in [0.29, 0.717) is 25.3 Å². The number of methoxy groups -OCH3 is 1. The van der Waals surface area contributed by atoms with E-state index in [-0.39, 0.29) is 18.0 Å². The van der Waals surface area contributed by atoms with Gasteiger partial charge in [0, 0.05) is 13.0 Å². The predicted molar refractivity (Wildman–Crippen MR) is 119 cm³/mol. The quantitative estimate of drug-likeness (QED) is 0.423. The number of nitrogens with one attached hydrogen (secondary N) is 1. The van der Waals surface area contributed by atoms with E-state index in [1.807, 2.05) is 48.5 Å². The number of hydrogen-bond donors (Lipinski definition) is 3. The maximum absolute atomic E-state index is 12.1. The normalized spacial score (nSPS) is 19.6. The predicted octanol–water partition coefficient (Wildman–Crippen LogP) is 2.35. The fraction of sp³-hybridized carbons (Fsp3) is 0.318. The number of aromatic carboxylic acids is 1. The van der Waals surface area contributed by atoms with E-state index in [9.17, 15) is 14.3 Å². The standard InChI is InChI=1S/C22H23N4O6P/c1-31-17-8-2-14(3-9-17)10-20(33(29)30)19-11-23-18(12-32-19)15-4-6-16(7-5-15)26-13-24-21(25-26)22(27)28/h2-9,13,18-20,23H,10-12H2,1H3,(H-,27,28,29,30)/p+1/t18-,19-,20?/m0/s1. The van der Waals surface area contributed by atoms with Gasteiger partial charge in [0.1, 0.15) is 18.2 Å². The minimum absolute atomic E-state index is 0.0705. The summed E-state index contributed by atoms with van der Waals surface area (Å²) in [5.74, 6) is -0.712. The summed E-state index contributed by atoms with van der Waals surface area (Å²) in [6.07, 6.45) is 1.39. The Bertz CT molecular complexity index is 1110. The number of benzene rings is 2. The lowest BCUT2D eigenvalue weighted by atomic mass is 10.0. The Kier molecular flexibility index (Phi) is 7.10. The fourth-order valence-electron chi connectivity index (χ4n) is 3.76. The topological polar surface area (TPSA) is 136 Å². The molecule has 3 N–H and O–H groups in total. The number of carboxylic acids is 1. The Morgan fingerprint density at radius 1 is 1.27 bits per heavy atom. The molecule has 0 spiro atoms. The maximum Gasteiger partial charge on any atom is 0.511 e. The lowest BCUT2D eigenvalue weighted by Gasteiger charge is -2.31. The van der Waals surface area contributed by atoms with E-state index < -0.39 is 19.7 Å². The molecule has 10 nitrogen and oxygen atoms in total. The van der Waals surface area contributed by atoms with Gasteiger partial charge in [-0.1, -0.05) is 24.3 Å². The highest BCUT2D eigenvalue weighted by Gasteiger charge is 2.40. The molecule has 2 unspecified atom stereocenters. The molecule has 11 heteroatoms. The van der Waals surface area contributed by atoms with E-state index in [4.69, 9.17) is 14.6 Å². The monoisotopic (exact) mass is 471 g/mol. The minimum Gasteiger partial charge on any atom is -0.497 e. The highest BCUT2D eigenvalue weighted by molar-refractivity contribution is 7.39. The van der Waals surface area contributed by atoms with Gasteiger partial charge < -0.3 is 19.9 Å². The Morgan fingerprint density at radius 3 is 2.55 bits per heavy atom. The van der Waals surface area contributed by atoms with Gasteiger partial charge in [-0.2, -0.15) is 4.89 Å². The van der Waals surface area contributed by atoms with Crippen LogP contribution in [0.15, 0.2) is 54.9 Å². The van der Waals surface area contributed by atoms with Crippen LogP contribution in [0.25, 0.3) is 5.69 Å². The summed E-state index contributed by atoms with van der Waals surface area (Å²) in [6.45, 7) is 0.804. The average Bonchev–Trinajstić information content (AvgIpc) is 3.34. The molecule has 2 aromatic carbocycles. The molecule has 0 bridgehead atoms. The number of hydrogen-bond acceptors (Lipinski definition) is 7. The van der Waals surface area contributed by atoms with Crippen LogP contribution >= 0.6 is 8.03 Å². The highest BCUT2D eigenvalue weighted by Crippen LogP contribution is 2.33. The number of morpholine rings is 1. The summed E-state index contributed by atoms with van der Waals surface area (Å²) >= 11 is 0. The van der Waals surface area contributed by atoms with Gasteiger partial charge in [0.05, 0.1) is 25.4 Å². The van der Waals surface area contributed by atoms with Gasteiger partial charge >= 0.3 is 14.0 Å². The van der Waals surface area contributed by atoms with Crippen LogP contribution in [0.3, 0.4) is 0 Å². The van der Waals surface area contributed by atoms with Crippen molar-refractivity contribution in [2.24, 2.45) is 0 Å². The Hall–Kier alpha value is -3.17. The van der Waals surface area contributed by atoms with Crippen molar-refractivity contribution in [1.82, 2.24) is 20.1 Å². The number of aromatic nitrogens is 3. The first-order chi connectivity index (χ1) is 15.9. The summed E-state index contributed by atoms with van der Waals surface area (Å²) in [5.41, 5.74) is 2.08. The third-order valence-electron chi connectivity index (χ3n) is 5.60. The third-order valence-corrected chi connectivity index (χ3v) is 6.68. The molecule has 1 fully saturated rings. The number of nitrogens with zero attached hydrogens (tertiary/aromatic N) is 3. The van der Waals surface area contributed by atoms with Gasteiger partial charge in [0.25, 0.3) is 5.82 Å². The zero-order valence-electron chi connectivity index (χ0n) is 17.9. The van der Waals surface area contributed by atoms with Crippen LogP contribution in [0.2, 0.25) is 0 Å². The smallest absolute Gasteiger partial charge is 0.497 e. The van der Waals surface area contributed by atoms with E-state index in [0.717, 1.165) is 16.9 Å². The Balaban J connectivity index is 1.37. The van der Waals surface area contributed by atoms with Crippen LogP contribution in [-0.4, -0.2) is 62.8 Å². The number of carbonyl (C=O) groups is 1. The van der Waals surface area contributed by atoms with Crippen molar-refractivity contribution in [2.45, 2.75) is 24.2 Å². The molecule has 4 atom stereocenters. The van der Waals surface area contributed by atoms with Crippen molar-refractivity contribution in [1.29, 1.82) is 0 Å². The largest absolute Gasteiger partial charge is 0.511 e. The number of rotatable bonds is 8. The van der Waals surface area contributed by atoms with E-state index in [1.165, 1.54) is 11.0 Å². The molecular formula is C22H24N4O6P+. The molecule has 1 aromatic heterocycles. The van der Waals surface area contributed by atoms with Crippen molar-refractivity contribution in [3.63, 3.8) is 0 Å². The molecule has 1 saturated heterocycles. The molecule has 33 heavy (non-hydrogen) atoms. The Labute approximate surface area is 191 Å². The van der Waals surface area contributed by atoms with Crippen LogP contribution in [-0.2, 0) is 15.7 Å². The third kappa shape index (κ3) is 5.43. The molecule has 0 aliphatic carbocycles. The van der Waals surface area contributed by atoms with Gasteiger partial charge in [0.2, 0.25) is 5.66 Å². The Morgan fingerprint density at radius 2 is 2.00 bits per heavy atom. The van der Waals surface area contributed by atoms with Gasteiger partial charge in [-0.3, -0.25) is 0 Å². The molecule has 0 radical (unpaired) electrons. The van der Waals surface area contributed by atoms with E-state index in [2.05, 4.69) is 15.4 Å². The molecule has 0 amide bonds. The molecule has 3 aromatic rings. The second-order valence-electron chi connectivity index (χ2n) is 7.66. The van der Waals surface area contributed by atoms with Gasteiger partial charge in [-0.05, 0) is 40.0 Å². The van der Waals surface area contributed by atoms with Gasteiger partial charge in [-0.25, -0.2) is 14.5 Å². The number of carboxylic acid groups (broad SMARTS) is 1. The molecule has 2 heterocycles. The summed E-state index contributed by atoms with van der Waals surface area (Å²) in [4.78, 5) is 24.6. The van der Waals surface area contributed by atoms with E-state index in [1.54, 1.807) is 7.11 Å². The molecule has 1 aliphatic heterocycles. The first-order valence-corrected chi connectivity index (χ1v) is 11.6. The van der Waals surface area contributed by atoms with Crippen LogP contribution in [0.5, 0.6) is 5.75 Å². The lowest BCUT2D eigenvalue weighted by molar-refractivity contribution is 0.000694. The van der Waals surface area contributed by atoms with Gasteiger partial charge in [-0.15, -0.1) is 5.10 Å². The highest BCUT2D eigenvalue weighted by atomic mass is 31.1. The SMILES string of the molecule is COc1ccc(CC([C@@H]2CN[C@H](c3ccc(-n4cnc(C(=O)O)n4)cc3)CO2)[P+](=O)O)cc1. The van der Waals surface area contributed by atoms with Crippen molar-refractivity contribution >= 4 is 14.0 Å². The van der Waals surface area contributed by atoms with Crippen LogP contribution < -0.4 is 10.1 Å². The first-order valence-electron chi connectivity index (χ1n) is 10.3. The molecular weight excluding hydrogens is 447 g/mol. The second kappa shape index (κ2) is 10.2. The van der Waals surface area contributed by atoms with Crippen LogP contribution in [0, 0.1) is 0 Å². The average molecular weight is 471 g/mol. The lowest BCUT2D eigenvalue weighted by Crippen LogP contribution is -2.46. The molecule has 0 saturated carbocycles. The zero-order valence-corrected chi connectivity index (χ0v) is 18.8. The first kappa shape index (κ1) is 23.0. The molecule has 172 valence electrons. The summed E-state index contributed by atoms with van der Waals surface area (Å²) in [6, 6.07) is 14.8. The van der Waals surface area contributed by atoms with Crippen LogP contribution in [0.4, 0.5) is 0 Å². The second-order valence-corrected chi connectivity index (χ2v) is 8.93. The molecule has 4 rings (SSSR count). The summed E-state index contributed by atoms with van der Waals surface area (Å²) in [7, 11) is -0.832.